The molecule has 0 aliphatic heterocycles. The van der Waals surface area contributed by atoms with E-state index >= 15 is 0 Å². The van der Waals surface area contributed by atoms with Gasteiger partial charge in [-0.05, 0) is 46.2 Å². The lowest BCUT2D eigenvalue weighted by Gasteiger charge is -2.25. The molecule has 0 amide bonds. The zero-order chi connectivity index (χ0) is 25.4. The number of rotatable bonds is 4. The molecule has 1 aliphatic rings. The van der Waals surface area contributed by atoms with Crippen LogP contribution < -0.4 is 0 Å². The minimum Gasteiger partial charge on any atom is -0.245 e. The van der Waals surface area contributed by atoms with Gasteiger partial charge >= 0.3 is 0 Å². The molecule has 4 aromatic rings. The number of halogens is 2. The van der Waals surface area contributed by atoms with E-state index in [9.17, 15) is 0 Å². The fourth-order valence-electron chi connectivity index (χ4n) is 4.79. The molecule has 0 spiro atoms. The van der Waals surface area contributed by atoms with Gasteiger partial charge in [-0.25, -0.2) is 9.98 Å². The molecule has 0 radical (unpaired) electrons. The van der Waals surface area contributed by atoms with Gasteiger partial charge in [0.25, 0.3) is 0 Å². The van der Waals surface area contributed by atoms with Crippen molar-refractivity contribution >= 4 is 46.0 Å². The summed E-state index contributed by atoms with van der Waals surface area (Å²) in [6.07, 6.45) is 0. The summed E-state index contributed by atoms with van der Waals surface area (Å²) in [6.45, 7) is 8.86. The van der Waals surface area contributed by atoms with Crippen LogP contribution in [0.3, 0.4) is 0 Å². The van der Waals surface area contributed by atoms with Gasteiger partial charge in [-0.2, -0.15) is 0 Å². The van der Waals surface area contributed by atoms with Crippen LogP contribution in [0.1, 0.15) is 61.8 Å². The van der Waals surface area contributed by atoms with Gasteiger partial charge in [0.1, 0.15) is 5.69 Å². The Balaban J connectivity index is 1.89. The van der Waals surface area contributed by atoms with E-state index in [0.717, 1.165) is 39.4 Å². The van der Waals surface area contributed by atoms with Crippen LogP contribution in [0.4, 0.5) is 11.4 Å². The van der Waals surface area contributed by atoms with Crippen molar-refractivity contribution in [2.24, 2.45) is 9.98 Å². The van der Waals surface area contributed by atoms with Gasteiger partial charge in [0, 0.05) is 11.1 Å². The molecule has 4 heteroatoms. The number of benzene rings is 4. The highest BCUT2D eigenvalue weighted by atomic mass is 35.5. The third-order valence-corrected chi connectivity index (χ3v) is 7.22. The lowest BCUT2D eigenvalue weighted by molar-refractivity contribution is 0.835. The molecular formula is C32H28Cl2N2. The number of aliphatic imine (C=N–C) groups is 2. The molecule has 180 valence electrons. The Hall–Kier alpha value is -3.20. The van der Waals surface area contributed by atoms with Crippen molar-refractivity contribution in [2.45, 2.75) is 39.5 Å². The number of hydrogen-bond acceptors (Lipinski definition) is 2. The number of nitrogens with zero attached hydrogens (tertiary/aromatic N) is 2. The summed E-state index contributed by atoms with van der Waals surface area (Å²) in [7, 11) is 0. The summed E-state index contributed by atoms with van der Waals surface area (Å²) in [5.74, 6) is 0.653. The molecule has 2 nitrogen and oxygen atoms in total. The molecule has 0 bridgehead atoms. The summed E-state index contributed by atoms with van der Waals surface area (Å²) in [6, 6.07) is 28.7. The van der Waals surface area contributed by atoms with Crippen molar-refractivity contribution in [1.82, 2.24) is 0 Å². The quantitative estimate of drug-likeness (QED) is 0.260. The van der Waals surface area contributed by atoms with E-state index < -0.39 is 0 Å². The molecule has 0 aromatic heterocycles. The maximum atomic E-state index is 6.59. The Morgan fingerprint density at radius 1 is 0.472 bits per heavy atom. The highest BCUT2D eigenvalue weighted by Crippen LogP contribution is 2.41. The fraction of sp³-hybridized carbons (Fsp3) is 0.188. The highest BCUT2D eigenvalue weighted by Gasteiger charge is 2.28. The van der Waals surface area contributed by atoms with Gasteiger partial charge in [0.15, 0.2) is 0 Å². The van der Waals surface area contributed by atoms with Crippen LogP contribution in [-0.2, 0) is 0 Å². The van der Waals surface area contributed by atoms with Crippen LogP contribution in [0.15, 0.2) is 94.9 Å². The number of fused-ring (bicyclic) bond motifs is 3. The van der Waals surface area contributed by atoms with E-state index in [2.05, 4.69) is 88.4 Å². The Morgan fingerprint density at radius 2 is 0.861 bits per heavy atom. The van der Waals surface area contributed by atoms with Crippen molar-refractivity contribution in [3.05, 3.63) is 117 Å². The van der Waals surface area contributed by atoms with E-state index in [1.165, 1.54) is 11.1 Å². The average Bonchev–Trinajstić information content (AvgIpc) is 2.87. The molecule has 0 saturated carbocycles. The van der Waals surface area contributed by atoms with Gasteiger partial charge < -0.3 is 0 Å². The number of para-hydroxylation sites is 2. The normalized spacial score (nSPS) is 15.0. The molecule has 4 aromatic carbocycles. The third-order valence-electron chi connectivity index (χ3n) is 6.61. The predicted molar refractivity (Wildman–Crippen MR) is 155 cm³/mol. The van der Waals surface area contributed by atoms with Gasteiger partial charge in [-0.3, -0.25) is 0 Å². The van der Waals surface area contributed by atoms with Crippen LogP contribution in [0, 0.1) is 0 Å². The van der Waals surface area contributed by atoms with E-state index in [-0.39, 0.29) is 0 Å². The summed E-state index contributed by atoms with van der Waals surface area (Å²) in [4.78, 5) is 10.5. The second kappa shape index (κ2) is 10.0. The lowest BCUT2D eigenvalue weighted by Crippen LogP contribution is -2.23. The summed E-state index contributed by atoms with van der Waals surface area (Å²) in [5, 5.41) is 1.02. The predicted octanol–water partition coefficient (Wildman–Crippen LogP) is 10.2. The van der Waals surface area contributed by atoms with Crippen molar-refractivity contribution in [1.29, 1.82) is 0 Å². The molecule has 0 N–H and O–H groups in total. The molecule has 0 atom stereocenters. The zero-order valence-electron chi connectivity index (χ0n) is 20.9. The van der Waals surface area contributed by atoms with E-state index in [4.69, 9.17) is 33.2 Å². The minimum atomic E-state index is 0.326. The van der Waals surface area contributed by atoms with E-state index in [1.54, 1.807) is 0 Å². The molecule has 0 heterocycles. The molecule has 0 saturated heterocycles. The van der Waals surface area contributed by atoms with Crippen LogP contribution in [0.5, 0.6) is 0 Å². The summed E-state index contributed by atoms with van der Waals surface area (Å²) >= 11 is 13.2. The SMILES string of the molecule is CC(C)c1cccc(C(C)C)c1/N=C1/C(=N/c2c(Cl)cccc2Cl)c2ccccc2-c2ccccc21. The Morgan fingerprint density at radius 3 is 1.31 bits per heavy atom. The van der Waals surface area contributed by atoms with Gasteiger partial charge in [-0.15, -0.1) is 0 Å². The largest absolute Gasteiger partial charge is 0.245 e. The van der Waals surface area contributed by atoms with Crippen molar-refractivity contribution in [2.75, 3.05) is 0 Å². The zero-order valence-corrected chi connectivity index (χ0v) is 22.4. The van der Waals surface area contributed by atoms with Gasteiger partial charge in [0.2, 0.25) is 0 Å². The van der Waals surface area contributed by atoms with Crippen molar-refractivity contribution in [3.63, 3.8) is 0 Å². The fourth-order valence-corrected chi connectivity index (χ4v) is 5.27. The molecule has 36 heavy (non-hydrogen) atoms. The first kappa shape index (κ1) is 24.5. The first-order valence-electron chi connectivity index (χ1n) is 12.3. The Bertz CT molecular complexity index is 1470. The first-order valence-corrected chi connectivity index (χ1v) is 13.1. The molecule has 0 fully saturated rings. The van der Waals surface area contributed by atoms with Gasteiger partial charge in [-0.1, -0.05) is 124 Å². The topological polar surface area (TPSA) is 24.7 Å². The highest BCUT2D eigenvalue weighted by molar-refractivity contribution is 6.58. The maximum Gasteiger partial charge on any atom is 0.101 e. The maximum absolute atomic E-state index is 6.59. The lowest BCUT2D eigenvalue weighted by atomic mass is 9.82. The molecule has 1 aliphatic carbocycles. The molecular weight excluding hydrogens is 483 g/mol. The van der Waals surface area contributed by atoms with Crippen LogP contribution >= 0.6 is 23.2 Å². The van der Waals surface area contributed by atoms with Crippen LogP contribution in [0.25, 0.3) is 11.1 Å². The molecule has 5 rings (SSSR count). The van der Waals surface area contributed by atoms with E-state index in [0.29, 0.717) is 27.6 Å². The van der Waals surface area contributed by atoms with E-state index in [1.807, 2.05) is 24.3 Å². The average molecular weight is 511 g/mol. The second-order valence-corrected chi connectivity index (χ2v) is 10.5. The smallest absolute Gasteiger partial charge is 0.101 e. The van der Waals surface area contributed by atoms with Crippen LogP contribution in [0.2, 0.25) is 10.0 Å². The second-order valence-electron chi connectivity index (χ2n) is 9.68. The van der Waals surface area contributed by atoms with Crippen molar-refractivity contribution < 1.29 is 0 Å². The monoisotopic (exact) mass is 510 g/mol. The first-order chi connectivity index (χ1) is 17.4. The minimum absolute atomic E-state index is 0.326. The van der Waals surface area contributed by atoms with Gasteiger partial charge in [0.05, 0.1) is 27.2 Å². The Labute approximate surface area is 223 Å². The Kier molecular flexibility index (Phi) is 6.83. The molecule has 0 unspecified atom stereocenters. The summed E-state index contributed by atoms with van der Waals surface area (Å²) in [5.41, 5.74) is 9.94. The third kappa shape index (κ3) is 4.40. The number of hydrogen-bond donors (Lipinski definition) is 0. The van der Waals surface area contributed by atoms with Crippen molar-refractivity contribution in [3.8, 4) is 11.1 Å². The standard InChI is InChI=1S/C32H28Cl2N2/c1-19(2)21-15-9-16-22(20(3)4)29(21)35-30-25-13-7-5-11-23(25)24-12-6-8-14-26(24)31(30)36-32-27(33)17-10-18-28(32)34/h5-20H,1-4H3/b35-30+,36-31+. The van der Waals surface area contributed by atoms with Crippen LogP contribution in [-0.4, -0.2) is 11.4 Å². The summed E-state index contributed by atoms with van der Waals surface area (Å²) < 4.78 is 0.